The second kappa shape index (κ2) is 6.24. The summed E-state index contributed by atoms with van der Waals surface area (Å²) in [6.07, 6.45) is 2.40. The number of ether oxygens (including phenoxy) is 1. The monoisotopic (exact) mass is 261 g/mol. The standard InChI is InChI=1S/C14H16FN3O/c1-16-7-6-14-17-8-5-12(18-14)11-9-10(15)3-4-13(11)19-2/h3-5,8-9,16H,6-7H2,1-2H3. The van der Waals surface area contributed by atoms with E-state index in [1.54, 1.807) is 25.4 Å². The van der Waals surface area contributed by atoms with Crippen molar-refractivity contribution in [3.63, 3.8) is 0 Å². The highest BCUT2D eigenvalue weighted by molar-refractivity contribution is 5.66. The molecule has 2 aromatic rings. The van der Waals surface area contributed by atoms with E-state index in [2.05, 4.69) is 15.3 Å². The van der Waals surface area contributed by atoms with Crippen molar-refractivity contribution in [2.75, 3.05) is 20.7 Å². The van der Waals surface area contributed by atoms with Crippen LogP contribution in [0.25, 0.3) is 11.3 Å². The Labute approximate surface area is 111 Å². The molecule has 0 atom stereocenters. The van der Waals surface area contributed by atoms with Gasteiger partial charge in [-0.3, -0.25) is 0 Å². The summed E-state index contributed by atoms with van der Waals surface area (Å²) in [4.78, 5) is 8.63. The lowest BCUT2D eigenvalue weighted by Gasteiger charge is -2.09. The molecule has 0 aliphatic heterocycles. The predicted octanol–water partition coefficient (Wildman–Crippen LogP) is 2.05. The van der Waals surface area contributed by atoms with Crippen molar-refractivity contribution in [1.82, 2.24) is 15.3 Å². The van der Waals surface area contributed by atoms with Gasteiger partial charge in [-0.05, 0) is 31.3 Å². The van der Waals surface area contributed by atoms with E-state index in [0.717, 1.165) is 18.8 Å². The van der Waals surface area contributed by atoms with Crippen LogP contribution in [0.1, 0.15) is 5.82 Å². The molecule has 4 nitrogen and oxygen atoms in total. The van der Waals surface area contributed by atoms with E-state index in [4.69, 9.17) is 4.74 Å². The van der Waals surface area contributed by atoms with Crippen LogP contribution in [0.2, 0.25) is 0 Å². The summed E-state index contributed by atoms with van der Waals surface area (Å²) in [5.74, 6) is 1.00. The zero-order valence-electron chi connectivity index (χ0n) is 11.0. The molecule has 1 N–H and O–H groups in total. The van der Waals surface area contributed by atoms with Crippen LogP contribution in [-0.4, -0.2) is 30.7 Å². The molecule has 0 unspecified atom stereocenters. The molecule has 1 aromatic heterocycles. The Balaban J connectivity index is 2.38. The Kier molecular flexibility index (Phi) is 4.41. The second-order valence-corrected chi connectivity index (χ2v) is 4.06. The molecule has 2 rings (SSSR count). The summed E-state index contributed by atoms with van der Waals surface area (Å²) in [6.45, 7) is 0.795. The molecule has 0 radical (unpaired) electrons. The Morgan fingerprint density at radius 3 is 2.89 bits per heavy atom. The predicted molar refractivity (Wildman–Crippen MR) is 71.6 cm³/mol. The van der Waals surface area contributed by atoms with E-state index >= 15 is 0 Å². The number of methoxy groups -OCH3 is 1. The Bertz CT molecular complexity index is 560. The van der Waals surface area contributed by atoms with E-state index in [0.29, 0.717) is 17.0 Å². The Morgan fingerprint density at radius 2 is 2.16 bits per heavy atom. The Hall–Kier alpha value is -2.01. The number of halogens is 1. The van der Waals surface area contributed by atoms with Crippen molar-refractivity contribution >= 4 is 0 Å². The van der Waals surface area contributed by atoms with Crippen molar-refractivity contribution in [3.05, 3.63) is 42.1 Å². The third-order valence-corrected chi connectivity index (χ3v) is 2.74. The normalized spacial score (nSPS) is 10.5. The van der Waals surface area contributed by atoms with Gasteiger partial charge in [0.25, 0.3) is 0 Å². The van der Waals surface area contributed by atoms with Crippen LogP contribution in [0.15, 0.2) is 30.5 Å². The first-order chi connectivity index (χ1) is 9.24. The third-order valence-electron chi connectivity index (χ3n) is 2.74. The van der Waals surface area contributed by atoms with Crippen LogP contribution >= 0.6 is 0 Å². The first-order valence-electron chi connectivity index (χ1n) is 6.05. The SMILES string of the molecule is CNCCc1nccc(-c2cc(F)ccc2OC)n1. The van der Waals surface area contributed by atoms with Crippen LogP contribution in [0, 0.1) is 5.82 Å². The molecular weight excluding hydrogens is 245 g/mol. The fourth-order valence-corrected chi connectivity index (χ4v) is 1.79. The molecule has 5 heteroatoms. The minimum absolute atomic E-state index is 0.314. The first kappa shape index (κ1) is 13.4. The number of likely N-dealkylation sites (N-methyl/N-ethyl adjacent to an activating group) is 1. The molecule has 19 heavy (non-hydrogen) atoms. The lowest BCUT2D eigenvalue weighted by atomic mass is 10.1. The number of nitrogens with one attached hydrogen (secondary N) is 1. The summed E-state index contributed by atoms with van der Waals surface area (Å²) >= 11 is 0. The largest absolute Gasteiger partial charge is 0.496 e. The average molecular weight is 261 g/mol. The number of benzene rings is 1. The number of hydrogen-bond donors (Lipinski definition) is 1. The van der Waals surface area contributed by atoms with E-state index in [9.17, 15) is 4.39 Å². The zero-order valence-corrected chi connectivity index (χ0v) is 11.0. The molecule has 0 aliphatic rings. The van der Waals surface area contributed by atoms with Crippen LogP contribution < -0.4 is 10.1 Å². The fourth-order valence-electron chi connectivity index (χ4n) is 1.79. The second-order valence-electron chi connectivity index (χ2n) is 4.06. The Morgan fingerprint density at radius 1 is 1.32 bits per heavy atom. The maximum absolute atomic E-state index is 13.4. The molecular formula is C14H16FN3O. The van der Waals surface area contributed by atoms with Gasteiger partial charge in [-0.2, -0.15) is 0 Å². The number of aromatic nitrogens is 2. The smallest absolute Gasteiger partial charge is 0.130 e. The van der Waals surface area contributed by atoms with Crippen LogP contribution in [0.5, 0.6) is 5.75 Å². The van der Waals surface area contributed by atoms with Crippen molar-refractivity contribution in [2.24, 2.45) is 0 Å². The molecule has 1 heterocycles. The van der Waals surface area contributed by atoms with Crippen molar-refractivity contribution in [1.29, 1.82) is 0 Å². The van der Waals surface area contributed by atoms with Gasteiger partial charge in [-0.15, -0.1) is 0 Å². The minimum Gasteiger partial charge on any atom is -0.496 e. The fraction of sp³-hybridized carbons (Fsp3) is 0.286. The van der Waals surface area contributed by atoms with Crippen molar-refractivity contribution in [2.45, 2.75) is 6.42 Å². The van der Waals surface area contributed by atoms with Gasteiger partial charge in [0.1, 0.15) is 17.4 Å². The maximum Gasteiger partial charge on any atom is 0.130 e. The maximum atomic E-state index is 13.4. The van der Waals surface area contributed by atoms with Gasteiger partial charge in [-0.25, -0.2) is 14.4 Å². The lowest BCUT2D eigenvalue weighted by Crippen LogP contribution is -2.12. The topological polar surface area (TPSA) is 47.0 Å². The quantitative estimate of drug-likeness (QED) is 0.895. The molecule has 0 spiro atoms. The molecule has 0 bridgehead atoms. The summed E-state index contributed by atoms with van der Waals surface area (Å²) in [5, 5.41) is 3.04. The van der Waals surface area contributed by atoms with Gasteiger partial charge in [0.05, 0.1) is 12.8 Å². The van der Waals surface area contributed by atoms with Crippen LogP contribution in [0.4, 0.5) is 4.39 Å². The highest BCUT2D eigenvalue weighted by atomic mass is 19.1. The summed E-state index contributed by atoms with van der Waals surface area (Å²) < 4.78 is 18.6. The molecule has 0 saturated heterocycles. The minimum atomic E-state index is -0.314. The third kappa shape index (κ3) is 3.26. The lowest BCUT2D eigenvalue weighted by molar-refractivity contribution is 0.415. The zero-order chi connectivity index (χ0) is 13.7. The van der Waals surface area contributed by atoms with Crippen molar-refractivity contribution in [3.8, 4) is 17.0 Å². The van der Waals surface area contributed by atoms with Crippen LogP contribution in [0.3, 0.4) is 0 Å². The van der Waals surface area contributed by atoms with E-state index < -0.39 is 0 Å². The van der Waals surface area contributed by atoms with Gasteiger partial charge in [0, 0.05) is 24.7 Å². The highest BCUT2D eigenvalue weighted by Crippen LogP contribution is 2.28. The molecule has 0 saturated carbocycles. The summed E-state index contributed by atoms with van der Waals surface area (Å²) in [7, 11) is 3.43. The molecule has 0 amide bonds. The number of nitrogens with zero attached hydrogens (tertiary/aromatic N) is 2. The highest BCUT2D eigenvalue weighted by Gasteiger charge is 2.09. The van der Waals surface area contributed by atoms with Gasteiger partial charge in [0.15, 0.2) is 0 Å². The van der Waals surface area contributed by atoms with Gasteiger partial charge in [-0.1, -0.05) is 0 Å². The van der Waals surface area contributed by atoms with Gasteiger partial charge in [0.2, 0.25) is 0 Å². The summed E-state index contributed by atoms with van der Waals surface area (Å²) in [6, 6.07) is 6.13. The summed E-state index contributed by atoms with van der Waals surface area (Å²) in [5.41, 5.74) is 1.30. The number of hydrogen-bond acceptors (Lipinski definition) is 4. The van der Waals surface area contributed by atoms with Crippen LogP contribution in [-0.2, 0) is 6.42 Å². The van der Waals surface area contributed by atoms with E-state index in [-0.39, 0.29) is 5.82 Å². The average Bonchev–Trinajstić information content (AvgIpc) is 2.45. The molecule has 0 aliphatic carbocycles. The van der Waals surface area contributed by atoms with E-state index in [1.807, 2.05) is 7.05 Å². The van der Waals surface area contributed by atoms with Crippen molar-refractivity contribution < 1.29 is 9.13 Å². The molecule has 0 fully saturated rings. The number of rotatable bonds is 5. The van der Waals surface area contributed by atoms with E-state index in [1.165, 1.54) is 12.1 Å². The van der Waals surface area contributed by atoms with Gasteiger partial charge < -0.3 is 10.1 Å². The first-order valence-corrected chi connectivity index (χ1v) is 6.05. The molecule has 100 valence electrons. The molecule has 1 aromatic carbocycles. The van der Waals surface area contributed by atoms with Gasteiger partial charge >= 0.3 is 0 Å².